The number of hydrogen-bond acceptors (Lipinski definition) is 5. The minimum absolute atomic E-state index is 0.126. The molecule has 0 aliphatic carbocycles. The van der Waals surface area contributed by atoms with E-state index in [-0.39, 0.29) is 11.2 Å². The fourth-order valence-corrected chi connectivity index (χ4v) is 5.23. The molecule has 3 aromatic rings. The molecule has 2 aliphatic heterocycles. The van der Waals surface area contributed by atoms with Crippen molar-refractivity contribution in [3.8, 4) is 0 Å². The molecular weight excluding hydrogens is 461 g/mol. The van der Waals surface area contributed by atoms with Crippen LogP contribution in [0.5, 0.6) is 0 Å². The molecule has 0 radical (unpaired) electrons. The van der Waals surface area contributed by atoms with Crippen LogP contribution in [-0.2, 0) is 6.42 Å². The standard InChI is InChI=1S/C28H31ClFN5/c1-28(2,18-35-12-10-34(3)11-13-35)16-19-14-26-25(32-17-19)7-6-24(33-26)21-8-9-31-27(21)22-15-20(29)4-5-23(22)30/h4-8,14-15,17H,9-13,16,18H2,1-3H3. The molecule has 0 atom stereocenters. The van der Waals surface area contributed by atoms with Crippen LogP contribution in [-0.4, -0.2) is 71.8 Å². The third kappa shape index (κ3) is 5.45. The number of likely N-dealkylation sites (N-methyl/N-ethyl adjacent to an activating group) is 1. The minimum atomic E-state index is -0.340. The third-order valence-corrected chi connectivity index (χ3v) is 7.02. The van der Waals surface area contributed by atoms with E-state index in [4.69, 9.17) is 16.6 Å². The molecule has 0 spiro atoms. The summed E-state index contributed by atoms with van der Waals surface area (Å²) in [7, 11) is 2.19. The normalized spacial score (nSPS) is 17.6. The molecule has 2 aromatic heterocycles. The van der Waals surface area contributed by atoms with E-state index in [0.29, 0.717) is 22.8 Å². The Morgan fingerprint density at radius 3 is 2.63 bits per heavy atom. The lowest BCUT2D eigenvalue weighted by Gasteiger charge is -2.37. The van der Waals surface area contributed by atoms with E-state index in [2.05, 4.69) is 46.7 Å². The Balaban J connectivity index is 1.37. The molecule has 0 N–H and O–H groups in total. The predicted molar refractivity (Wildman–Crippen MR) is 142 cm³/mol. The van der Waals surface area contributed by atoms with Crippen LogP contribution in [0.15, 0.2) is 53.7 Å². The highest BCUT2D eigenvalue weighted by Gasteiger charge is 2.25. The number of pyridine rings is 2. The van der Waals surface area contributed by atoms with Crippen LogP contribution in [0.2, 0.25) is 5.02 Å². The first-order chi connectivity index (χ1) is 16.8. The van der Waals surface area contributed by atoms with Crippen LogP contribution < -0.4 is 0 Å². The first-order valence-corrected chi connectivity index (χ1v) is 12.5. The van der Waals surface area contributed by atoms with Crippen molar-refractivity contribution in [2.75, 3.05) is 46.3 Å². The van der Waals surface area contributed by atoms with Gasteiger partial charge in [-0.05, 0) is 60.8 Å². The Kier molecular flexibility index (Phi) is 6.71. The molecule has 0 saturated carbocycles. The van der Waals surface area contributed by atoms with Crippen molar-refractivity contribution in [3.63, 3.8) is 0 Å². The summed E-state index contributed by atoms with van der Waals surface area (Å²) in [6.07, 6.45) is 4.89. The summed E-state index contributed by atoms with van der Waals surface area (Å²) in [6, 6.07) is 10.6. The second-order valence-electron chi connectivity index (χ2n) is 10.4. The molecule has 5 rings (SSSR count). The maximum Gasteiger partial charge on any atom is 0.132 e. The second-order valence-corrected chi connectivity index (χ2v) is 10.9. The summed E-state index contributed by atoms with van der Waals surface area (Å²) in [4.78, 5) is 19.1. The van der Waals surface area contributed by atoms with Gasteiger partial charge in [-0.2, -0.15) is 0 Å². The van der Waals surface area contributed by atoms with Crippen LogP contribution in [0, 0.1) is 11.2 Å². The van der Waals surface area contributed by atoms with E-state index < -0.39 is 0 Å². The van der Waals surface area contributed by atoms with Crippen LogP contribution in [0.25, 0.3) is 16.6 Å². The van der Waals surface area contributed by atoms with Gasteiger partial charge in [0.05, 0.1) is 29.0 Å². The largest absolute Gasteiger partial charge is 0.304 e. The van der Waals surface area contributed by atoms with Crippen molar-refractivity contribution in [2.45, 2.75) is 20.3 Å². The van der Waals surface area contributed by atoms with Crippen molar-refractivity contribution in [1.29, 1.82) is 0 Å². The molecule has 182 valence electrons. The van der Waals surface area contributed by atoms with Gasteiger partial charge >= 0.3 is 0 Å². The molecule has 1 saturated heterocycles. The number of aliphatic imine (C=N–C) groups is 1. The number of rotatable bonds is 6. The number of allylic oxidation sites excluding steroid dienone is 1. The Bertz CT molecular complexity index is 1310. The van der Waals surface area contributed by atoms with Gasteiger partial charge in [0.2, 0.25) is 0 Å². The summed E-state index contributed by atoms with van der Waals surface area (Å²) < 4.78 is 14.6. The molecule has 0 amide bonds. The zero-order valence-corrected chi connectivity index (χ0v) is 21.3. The van der Waals surface area contributed by atoms with Crippen molar-refractivity contribution < 1.29 is 4.39 Å². The molecule has 0 bridgehead atoms. The smallest absolute Gasteiger partial charge is 0.132 e. The topological polar surface area (TPSA) is 44.6 Å². The lowest BCUT2D eigenvalue weighted by molar-refractivity contribution is 0.110. The van der Waals surface area contributed by atoms with Gasteiger partial charge in [0, 0.05) is 55.1 Å². The molecule has 0 unspecified atom stereocenters. The molecule has 1 fully saturated rings. The SMILES string of the molecule is CN1CCN(CC(C)(C)Cc2cnc3ccc(C4=CCN=C4c4cc(Cl)ccc4F)nc3c2)CC1. The minimum Gasteiger partial charge on any atom is -0.304 e. The van der Waals surface area contributed by atoms with E-state index in [1.807, 2.05) is 24.4 Å². The van der Waals surface area contributed by atoms with Gasteiger partial charge in [0.15, 0.2) is 0 Å². The quantitative estimate of drug-likeness (QED) is 0.480. The van der Waals surface area contributed by atoms with E-state index in [1.54, 1.807) is 12.1 Å². The average molecular weight is 492 g/mol. The van der Waals surface area contributed by atoms with E-state index in [1.165, 1.54) is 11.6 Å². The lowest BCUT2D eigenvalue weighted by atomic mass is 9.85. The number of hydrogen-bond donors (Lipinski definition) is 0. The molecule has 4 heterocycles. The lowest BCUT2D eigenvalue weighted by Crippen LogP contribution is -2.47. The molecule has 2 aliphatic rings. The summed E-state index contributed by atoms with van der Waals surface area (Å²) in [5.74, 6) is -0.340. The summed E-state index contributed by atoms with van der Waals surface area (Å²) in [5, 5.41) is 0.481. The third-order valence-electron chi connectivity index (χ3n) is 6.78. The molecular formula is C28H31ClFN5. The molecule has 1 aromatic carbocycles. The fraction of sp³-hybridized carbons (Fsp3) is 0.393. The highest BCUT2D eigenvalue weighted by molar-refractivity contribution is 6.35. The molecule has 7 heteroatoms. The average Bonchev–Trinajstić information content (AvgIpc) is 3.31. The maximum absolute atomic E-state index is 14.6. The van der Waals surface area contributed by atoms with Crippen molar-refractivity contribution in [3.05, 3.63) is 76.3 Å². The van der Waals surface area contributed by atoms with Gasteiger partial charge in [0.25, 0.3) is 0 Å². The first-order valence-electron chi connectivity index (χ1n) is 12.1. The molecule has 5 nitrogen and oxygen atoms in total. The van der Waals surface area contributed by atoms with E-state index >= 15 is 0 Å². The van der Waals surface area contributed by atoms with Gasteiger partial charge in [-0.3, -0.25) is 9.98 Å². The fourth-order valence-electron chi connectivity index (χ4n) is 5.06. The second kappa shape index (κ2) is 9.76. The maximum atomic E-state index is 14.6. The van der Waals surface area contributed by atoms with Crippen LogP contribution in [0.3, 0.4) is 0 Å². The van der Waals surface area contributed by atoms with Gasteiger partial charge in [-0.25, -0.2) is 9.37 Å². The Labute approximate surface area is 211 Å². The van der Waals surface area contributed by atoms with Gasteiger partial charge in [-0.1, -0.05) is 31.5 Å². The van der Waals surface area contributed by atoms with Crippen molar-refractivity contribution in [2.24, 2.45) is 10.4 Å². The molecule has 35 heavy (non-hydrogen) atoms. The van der Waals surface area contributed by atoms with Gasteiger partial charge in [-0.15, -0.1) is 0 Å². The highest BCUT2D eigenvalue weighted by Crippen LogP contribution is 2.29. The summed E-state index contributed by atoms with van der Waals surface area (Å²) in [6.45, 7) is 10.7. The number of piperazine rings is 1. The van der Waals surface area contributed by atoms with Crippen molar-refractivity contribution in [1.82, 2.24) is 19.8 Å². The zero-order valence-electron chi connectivity index (χ0n) is 20.6. The summed E-state index contributed by atoms with van der Waals surface area (Å²) >= 11 is 6.13. The Morgan fingerprint density at radius 1 is 1.03 bits per heavy atom. The summed E-state index contributed by atoms with van der Waals surface area (Å²) in [5.41, 5.74) is 5.58. The first kappa shape index (κ1) is 24.0. The Morgan fingerprint density at radius 2 is 1.83 bits per heavy atom. The van der Waals surface area contributed by atoms with Crippen molar-refractivity contribution >= 4 is 33.9 Å². The number of halogens is 2. The van der Waals surface area contributed by atoms with Crippen LogP contribution in [0.1, 0.15) is 30.7 Å². The number of benzene rings is 1. The van der Waals surface area contributed by atoms with Gasteiger partial charge in [0.1, 0.15) is 5.82 Å². The monoisotopic (exact) mass is 491 g/mol. The van der Waals surface area contributed by atoms with Crippen LogP contribution >= 0.6 is 11.6 Å². The number of aromatic nitrogens is 2. The predicted octanol–water partition coefficient (Wildman–Crippen LogP) is 5.12. The highest BCUT2D eigenvalue weighted by atomic mass is 35.5. The van der Waals surface area contributed by atoms with Crippen LogP contribution in [0.4, 0.5) is 4.39 Å². The Hall–Kier alpha value is -2.67. The number of nitrogens with zero attached hydrogens (tertiary/aromatic N) is 5. The zero-order chi connectivity index (χ0) is 24.6. The van der Waals surface area contributed by atoms with Gasteiger partial charge < -0.3 is 9.80 Å². The van der Waals surface area contributed by atoms with E-state index in [0.717, 1.165) is 61.4 Å². The number of fused-ring (bicyclic) bond motifs is 1. The van der Waals surface area contributed by atoms with E-state index in [9.17, 15) is 4.39 Å².